The number of hydrazone groups is 1. The fraction of sp³-hybridized carbons (Fsp3) is 0.125. The molecule has 0 radical (unpaired) electrons. The van der Waals surface area contributed by atoms with Gasteiger partial charge in [-0.3, -0.25) is 14.9 Å². The van der Waals surface area contributed by atoms with Crippen LogP contribution in [0.15, 0.2) is 53.6 Å². The van der Waals surface area contributed by atoms with Crippen LogP contribution in [-0.4, -0.2) is 23.1 Å². The summed E-state index contributed by atoms with van der Waals surface area (Å²) >= 11 is 5.92. The van der Waals surface area contributed by atoms with Gasteiger partial charge in [-0.1, -0.05) is 35.9 Å². The van der Waals surface area contributed by atoms with Gasteiger partial charge in [0.25, 0.3) is 11.6 Å². The number of carbonyl (C=O) groups excluding carboxylic acids is 1. The number of nitrogens with one attached hydrogen (secondary N) is 1. The molecule has 1 N–H and O–H groups in total. The molecular formula is C16H14ClN3O4. The Kier molecular flexibility index (Phi) is 5.86. The average molecular weight is 348 g/mol. The first-order valence-corrected chi connectivity index (χ1v) is 7.30. The van der Waals surface area contributed by atoms with E-state index in [0.29, 0.717) is 22.0 Å². The lowest BCUT2D eigenvalue weighted by Crippen LogP contribution is -2.25. The van der Waals surface area contributed by atoms with Crippen molar-refractivity contribution in [2.24, 2.45) is 5.10 Å². The molecule has 0 atom stereocenters. The number of nitrogens with zero attached hydrogens (tertiary/aromatic N) is 2. The van der Waals surface area contributed by atoms with E-state index >= 15 is 0 Å². The second kappa shape index (κ2) is 8.07. The van der Waals surface area contributed by atoms with Crippen LogP contribution >= 0.6 is 11.6 Å². The summed E-state index contributed by atoms with van der Waals surface area (Å²) in [5.41, 5.74) is 3.26. The summed E-state index contributed by atoms with van der Waals surface area (Å²) < 4.78 is 5.28. The number of para-hydroxylation sites is 1. The van der Waals surface area contributed by atoms with Gasteiger partial charge in [-0.05, 0) is 19.1 Å². The van der Waals surface area contributed by atoms with Gasteiger partial charge in [-0.15, -0.1) is 0 Å². The molecule has 0 aliphatic rings. The molecule has 7 nitrogen and oxygen atoms in total. The summed E-state index contributed by atoms with van der Waals surface area (Å²) in [5, 5.41) is 15.1. The second-order valence-corrected chi connectivity index (χ2v) is 5.17. The van der Waals surface area contributed by atoms with E-state index in [-0.39, 0.29) is 12.3 Å². The average Bonchev–Trinajstić information content (AvgIpc) is 2.59. The van der Waals surface area contributed by atoms with Crippen molar-refractivity contribution in [1.29, 1.82) is 0 Å². The molecule has 0 fully saturated rings. The van der Waals surface area contributed by atoms with Crippen LogP contribution in [0.2, 0.25) is 5.02 Å². The number of nitro groups is 1. The van der Waals surface area contributed by atoms with Crippen molar-refractivity contribution < 1.29 is 14.5 Å². The minimum absolute atomic E-state index is 0.0459. The molecule has 124 valence electrons. The maximum absolute atomic E-state index is 11.7. The number of carbonyl (C=O) groups is 1. The molecule has 0 saturated carbocycles. The Labute approximate surface area is 143 Å². The van der Waals surface area contributed by atoms with Crippen LogP contribution in [0.5, 0.6) is 5.75 Å². The molecule has 24 heavy (non-hydrogen) atoms. The van der Waals surface area contributed by atoms with Gasteiger partial charge in [0.1, 0.15) is 5.75 Å². The normalized spacial score (nSPS) is 11.0. The van der Waals surface area contributed by atoms with E-state index in [0.717, 1.165) is 0 Å². The lowest BCUT2D eigenvalue weighted by molar-refractivity contribution is -0.384. The molecule has 2 aromatic carbocycles. The van der Waals surface area contributed by atoms with Gasteiger partial charge in [0, 0.05) is 17.7 Å². The van der Waals surface area contributed by atoms with Crippen molar-refractivity contribution in [3.63, 3.8) is 0 Å². The first-order valence-electron chi connectivity index (χ1n) is 6.92. The van der Waals surface area contributed by atoms with Gasteiger partial charge in [0.05, 0.1) is 15.7 Å². The zero-order chi connectivity index (χ0) is 17.5. The fourth-order valence-electron chi connectivity index (χ4n) is 1.79. The Morgan fingerprint density at radius 2 is 2.04 bits per heavy atom. The SMILES string of the molecule is C/C(=N\NC(=O)COc1ccccc1Cl)c1cccc([N+](=O)[O-])c1. The fourth-order valence-corrected chi connectivity index (χ4v) is 1.98. The Morgan fingerprint density at radius 1 is 1.29 bits per heavy atom. The molecular weight excluding hydrogens is 334 g/mol. The van der Waals surface area contributed by atoms with Crippen LogP contribution in [0, 0.1) is 10.1 Å². The Bertz CT molecular complexity index is 792. The summed E-state index contributed by atoms with van der Waals surface area (Å²) in [6, 6.07) is 12.8. The minimum Gasteiger partial charge on any atom is -0.482 e. The van der Waals surface area contributed by atoms with Gasteiger partial charge in [0.2, 0.25) is 0 Å². The van der Waals surface area contributed by atoms with E-state index in [4.69, 9.17) is 16.3 Å². The van der Waals surface area contributed by atoms with Gasteiger partial charge in [0.15, 0.2) is 6.61 Å². The van der Waals surface area contributed by atoms with Crippen LogP contribution in [0.25, 0.3) is 0 Å². The Balaban J connectivity index is 1.94. The smallest absolute Gasteiger partial charge is 0.277 e. The second-order valence-electron chi connectivity index (χ2n) is 4.76. The zero-order valence-corrected chi connectivity index (χ0v) is 13.5. The molecule has 0 saturated heterocycles. The number of rotatable bonds is 6. The zero-order valence-electron chi connectivity index (χ0n) is 12.7. The Morgan fingerprint density at radius 3 is 2.75 bits per heavy atom. The number of amides is 1. The van der Waals surface area contributed by atoms with Gasteiger partial charge < -0.3 is 4.74 Å². The molecule has 0 spiro atoms. The van der Waals surface area contributed by atoms with E-state index in [1.807, 2.05) is 0 Å². The lowest BCUT2D eigenvalue weighted by Gasteiger charge is -2.07. The summed E-state index contributed by atoms with van der Waals surface area (Å²) in [4.78, 5) is 22.0. The van der Waals surface area contributed by atoms with Crippen molar-refractivity contribution >= 4 is 28.9 Å². The molecule has 2 rings (SSSR count). The highest BCUT2D eigenvalue weighted by Gasteiger charge is 2.08. The molecule has 2 aromatic rings. The van der Waals surface area contributed by atoms with Gasteiger partial charge >= 0.3 is 0 Å². The predicted octanol–water partition coefficient (Wildman–Crippen LogP) is 3.17. The highest BCUT2D eigenvalue weighted by molar-refractivity contribution is 6.32. The highest BCUT2D eigenvalue weighted by Crippen LogP contribution is 2.22. The van der Waals surface area contributed by atoms with Crippen LogP contribution in [0.4, 0.5) is 5.69 Å². The van der Waals surface area contributed by atoms with E-state index in [1.54, 1.807) is 43.3 Å². The largest absolute Gasteiger partial charge is 0.482 e. The van der Waals surface area contributed by atoms with E-state index in [9.17, 15) is 14.9 Å². The summed E-state index contributed by atoms with van der Waals surface area (Å²) in [5.74, 6) is -0.0756. The molecule has 8 heteroatoms. The van der Waals surface area contributed by atoms with Crippen molar-refractivity contribution in [2.45, 2.75) is 6.92 Å². The number of non-ortho nitro benzene ring substituents is 1. The molecule has 0 heterocycles. The maximum Gasteiger partial charge on any atom is 0.277 e. The number of ether oxygens (including phenoxy) is 1. The highest BCUT2D eigenvalue weighted by atomic mass is 35.5. The molecule has 1 amide bonds. The maximum atomic E-state index is 11.7. The number of hydrogen-bond donors (Lipinski definition) is 1. The van der Waals surface area contributed by atoms with Crippen molar-refractivity contribution in [3.8, 4) is 5.75 Å². The molecule has 0 aliphatic carbocycles. The standard InChI is InChI=1S/C16H14ClN3O4/c1-11(12-5-4-6-13(9-12)20(22)23)18-19-16(21)10-24-15-8-3-2-7-14(15)17/h2-9H,10H2,1H3,(H,19,21)/b18-11+. The molecule has 0 bridgehead atoms. The third kappa shape index (κ3) is 4.79. The third-order valence-corrected chi connectivity index (χ3v) is 3.33. The monoisotopic (exact) mass is 347 g/mol. The van der Waals surface area contributed by atoms with Crippen molar-refractivity contribution in [3.05, 3.63) is 69.2 Å². The van der Waals surface area contributed by atoms with Crippen molar-refractivity contribution in [2.75, 3.05) is 6.61 Å². The first kappa shape index (κ1) is 17.4. The van der Waals surface area contributed by atoms with E-state index in [2.05, 4.69) is 10.5 Å². The van der Waals surface area contributed by atoms with Crippen molar-refractivity contribution in [1.82, 2.24) is 5.43 Å². The lowest BCUT2D eigenvalue weighted by atomic mass is 10.1. The van der Waals surface area contributed by atoms with Gasteiger partial charge in [-0.2, -0.15) is 5.10 Å². The number of benzene rings is 2. The van der Waals surface area contributed by atoms with Crippen LogP contribution < -0.4 is 10.2 Å². The van der Waals surface area contributed by atoms with Crippen LogP contribution in [0.1, 0.15) is 12.5 Å². The van der Waals surface area contributed by atoms with Gasteiger partial charge in [-0.25, -0.2) is 5.43 Å². The van der Waals surface area contributed by atoms with E-state index in [1.165, 1.54) is 12.1 Å². The first-order chi connectivity index (χ1) is 11.5. The third-order valence-electron chi connectivity index (χ3n) is 3.02. The minimum atomic E-state index is -0.493. The van der Waals surface area contributed by atoms with Crippen LogP contribution in [-0.2, 0) is 4.79 Å². The summed E-state index contributed by atoms with van der Waals surface area (Å²) in [6.07, 6.45) is 0. The van der Waals surface area contributed by atoms with Crippen LogP contribution in [0.3, 0.4) is 0 Å². The summed E-state index contributed by atoms with van der Waals surface area (Å²) in [6.45, 7) is 1.38. The molecule has 0 aliphatic heterocycles. The molecule has 0 aromatic heterocycles. The number of halogens is 1. The summed E-state index contributed by atoms with van der Waals surface area (Å²) in [7, 11) is 0. The predicted molar refractivity (Wildman–Crippen MR) is 90.4 cm³/mol. The molecule has 0 unspecified atom stereocenters. The number of nitro benzene ring substituents is 1. The Hall–Kier alpha value is -2.93. The topological polar surface area (TPSA) is 93.8 Å². The quantitative estimate of drug-likeness (QED) is 0.493. The van der Waals surface area contributed by atoms with E-state index < -0.39 is 10.8 Å². The number of hydrogen-bond acceptors (Lipinski definition) is 5.